The Labute approximate surface area is 371 Å². The van der Waals surface area contributed by atoms with Gasteiger partial charge in [0.15, 0.2) is 0 Å². The van der Waals surface area contributed by atoms with Crippen LogP contribution in [0.3, 0.4) is 0 Å². The van der Waals surface area contributed by atoms with Crippen molar-refractivity contribution < 1.29 is 24.5 Å². The molecule has 0 aromatic carbocycles. The number of hydrogen-bond donors (Lipinski definition) is 3. The minimum Gasteiger partial charge on any atom is -0.462 e. The van der Waals surface area contributed by atoms with E-state index in [-0.39, 0.29) is 24.9 Å². The molecule has 0 aliphatic heterocycles. The zero-order valence-electron chi connectivity index (χ0n) is 39.6. The topological polar surface area (TPSA) is 95.9 Å². The third kappa shape index (κ3) is 42.3. The second-order valence-electron chi connectivity index (χ2n) is 17.2. The van der Waals surface area contributed by atoms with Gasteiger partial charge in [0, 0.05) is 6.42 Å². The van der Waals surface area contributed by atoms with Gasteiger partial charge in [0.25, 0.3) is 0 Å². The number of ether oxygens (including phenoxy) is 1. The molecule has 0 rings (SSSR count). The summed E-state index contributed by atoms with van der Waals surface area (Å²) in [5, 5.41) is 23.7. The van der Waals surface area contributed by atoms with Gasteiger partial charge >= 0.3 is 5.97 Å². The standard InChI is InChI=1S/C54H97NO5/c1-4-7-10-13-16-19-22-24-26-27-28-29-31-33-36-39-42-45-50(60-54(59)47-44-41-38-35-32-30-25-23-20-17-14-11-8-5-2)48-53(58)55-51(49-56)52(57)46-43-40-37-34-21-18-15-12-9-6-3/h16,19,24,26,28-30,32-33,36,50-52,56-57H,4-15,17-18,20-23,25,27,31,34-35,37-49H2,1-3H3,(H,55,58)/b19-16-,26-24-,29-28-,32-30-,36-33-. The van der Waals surface area contributed by atoms with Crippen molar-refractivity contribution in [1.82, 2.24) is 5.32 Å². The summed E-state index contributed by atoms with van der Waals surface area (Å²) in [6.45, 7) is 6.42. The molecule has 60 heavy (non-hydrogen) atoms. The lowest BCUT2D eigenvalue weighted by atomic mass is 10.0. The highest BCUT2D eigenvalue weighted by atomic mass is 16.5. The van der Waals surface area contributed by atoms with Crippen molar-refractivity contribution in [1.29, 1.82) is 0 Å². The van der Waals surface area contributed by atoms with Crippen LogP contribution in [0.25, 0.3) is 0 Å². The molecule has 3 N–H and O–H groups in total. The van der Waals surface area contributed by atoms with Crippen molar-refractivity contribution in [2.24, 2.45) is 0 Å². The van der Waals surface area contributed by atoms with Crippen LogP contribution in [0.1, 0.15) is 245 Å². The lowest BCUT2D eigenvalue weighted by Gasteiger charge is -2.24. The number of aliphatic hydroxyl groups excluding tert-OH is 2. The fourth-order valence-electron chi connectivity index (χ4n) is 7.41. The Balaban J connectivity index is 4.73. The molecule has 6 heteroatoms. The SMILES string of the molecule is CCCCC/C=C\C/C=C\C/C=C\C/C=C\CCCC(CC(=O)NC(CO)C(O)CCCCCCCCCCCC)OC(=O)CCCCC/C=C\CCCCCCCCC. The van der Waals surface area contributed by atoms with E-state index in [0.717, 1.165) is 83.5 Å². The molecule has 6 nitrogen and oxygen atoms in total. The summed E-state index contributed by atoms with van der Waals surface area (Å²) in [5.74, 6) is -0.547. The number of carbonyl (C=O) groups excluding carboxylic acids is 2. The minimum atomic E-state index is -0.804. The predicted molar refractivity (Wildman–Crippen MR) is 259 cm³/mol. The van der Waals surface area contributed by atoms with Gasteiger partial charge in [-0.2, -0.15) is 0 Å². The molecular formula is C54H97NO5. The second-order valence-corrected chi connectivity index (χ2v) is 17.2. The first-order chi connectivity index (χ1) is 29.5. The number of esters is 1. The molecule has 0 aromatic heterocycles. The van der Waals surface area contributed by atoms with Gasteiger partial charge in [-0.1, -0.05) is 204 Å². The fourth-order valence-corrected chi connectivity index (χ4v) is 7.41. The van der Waals surface area contributed by atoms with Crippen molar-refractivity contribution in [3.63, 3.8) is 0 Å². The number of unbranched alkanes of at least 4 members (excludes halogenated alkanes) is 23. The number of allylic oxidation sites excluding steroid dienone is 10. The highest BCUT2D eigenvalue weighted by Crippen LogP contribution is 2.16. The van der Waals surface area contributed by atoms with Gasteiger partial charge in [0.05, 0.1) is 25.2 Å². The molecule has 0 aliphatic carbocycles. The third-order valence-electron chi connectivity index (χ3n) is 11.3. The van der Waals surface area contributed by atoms with Gasteiger partial charge in [0.1, 0.15) is 6.10 Å². The van der Waals surface area contributed by atoms with Gasteiger partial charge in [0.2, 0.25) is 5.91 Å². The van der Waals surface area contributed by atoms with Crippen LogP contribution >= 0.6 is 0 Å². The van der Waals surface area contributed by atoms with Gasteiger partial charge in [-0.15, -0.1) is 0 Å². The fraction of sp³-hybridized carbons (Fsp3) is 0.778. The van der Waals surface area contributed by atoms with Crippen LogP contribution in [0.15, 0.2) is 60.8 Å². The van der Waals surface area contributed by atoms with E-state index >= 15 is 0 Å². The first kappa shape index (κ1) is 57.6. The van der Waals surface area contributed by atoms with Crippen molar-refractivity contribution >= 4 is 11.9 Å². The van der Waals surface area contributed by atoms with E-state index in [2.05, 4.69) is 86.8 Å². The van der Waals surface area contributed by atoms with Crippen LogP contribution in [-0.2, 0) is 14.3 Å². The van der Waals surface area contributed by atoms with Crippen LogP contribution in [-0.4, -0.2) is 46.9 Å². The molecule has 0 aliphatic rings. The maximum absolute atomic E-state index is 13.2. The number of amides is 1. The Morgan fingerprint density at radius 1 is 0.483 bits per heavy atom. The van der Waals surface area contributed by atoms with Gasteiger partial charge in [-0.3, -0.25) is 9.59 Å². The predicted octanol–water partition coefficient (Wildman–Crippen LogP) is 15.2. The van der Waals surface area contributed by atoms with Crippen LogP contribution in [0.4, 0.5) is 0 Å². The van der Waals surface area contributed by atoms with Crippen molar-refractivity contribution in [2.75, 3.05) is 6.61 Å². The Bertz CT molecular complexity index is 1080. The average Bonchev–Trinajstić information content (AvgIpc) is 3.24. The van der Waals surface area contributed by atoms with E-state index in [4.69, 9.17) is 4.74 Å². The van der Waals surface area contributed by atoms with Crippen LogP contribution in [0.2, 0.25) is 0 Å². The van der Waals surface area contributed by atoms with Gasteiger partial charge in [-0.05, 0) is 89.9 Å². The third-order valence-corrected chi connectivity index (χ3v) is 11.3. The first-order valence-corrected chi connectivity index (χ1v) is 25.5. The van der Waals surface area contributed by atoms with Crippen molar-refractivity contribution in [2.45, 2.75) is 264 Å². The number of nitrogens with one attached hydrogen (secondary N) is 1. The maximum Gasteiger partial charge on any atom is 0.306 e. The molecule has 0 saturated heterocycles. The molecule has 348 valence electrons. The Morgan fingerprint density at radius 2 is 0.867 bits per heavy atom. The summed E-state index contributed by atoms with van der Waals surface area (Å²) < 4.78 is 5.89. The highest BCUT2D eigenvalue weighted by Gasteiger charge is 2.24. The number of hydrogen-bond acceptors (Lipinski definition) is 5. The number of aliphatic hydroxyl groups is 2. The monoisotopic (exact) mass is 840 g/mol. The molecule has 0 saturated carbocycles. The molecule has 0 fully saturated rings. The lowest BCUT2D eigenvalue weighted by Crippen LogP contribution is -2.46. The largest absolute Gasteiger partial charge is 0.462 e. The Kier molecular flexibility index (Phi) is 45.7. The number of carbonyl (C=O) groups is 2. The zero-order valence-corrected chi connectivity index (χ0v) is 39.6. The molecular weight excluding hydrogens is 743 g/mol. The quantitative estimate of drug-likeness (QED) is 0.0322. The molecule has 0 bridgehead atoms. The van der Waals surface area contributed by atoms with E-state index in [1.807, 2.05) is 0 Å². The summed E-state index contributed by atoms with van der Waals surface area (Å²) in [4.78, 5) is 26.1. The van der Waals surface area contributed by atoms with Crippen molar-refractivity contribution in [3.05, 3.63) is 60.8 Å². The maximum atomic E-state index is 13.2. The average molecular weight is 840 g/mol. The molecule has 3 unspecified atom stereocenters. The second kappa shape index (κ2) is 47.6. The molecule has 0 aromatic rings. The van der Waals surface area contributed by atoms with Gasteiger partial charge < -0.3 is 20.3 Å². The zero-order chi connectivity index (χ0) is 43.8. The summed E-state index contributed by atoms with van der Waals surface area (Å²) >= 11 is 0. The summed E-state index contributed by atoms with van der Waals surface area (Å²) in [7, 11) is 0. The van der Waals surface area contributed by atoms with Crippen LogP contribution in [0.5, 0.6) is 0 Å². The van der Waals surface area contributed by atoms with Crippen molar-refractivity contribution in [3.8, 4) is 0 Å². The normalized spacial score (nSPS) is 13.8. The van der Waals surface area contributed by atoms with Gasteiger partial charge in [-0.25, -0.2) is 0 Å². The van der Waals surface area contributed by atoms with E-state index in [9.17, 15) is 19.8 Å². The number of rotatable bonds is 45. The molecule has 3 atom stereocenters. The molecule has 0 radical (unpaired) electrons. The van der Waals surface area contributed by atoms with E-state index in [1.54, 1.807) is 0 Å². The Morgan fingerprint density at radius 3 is 1.37 bits per heavy atom. The smallest absolute Gasteiger partial charge is 0.306 e. The molecule has 1 amide bonds. The molecule has 0 spiro atoms. The molecule has 0 heterocycles. The Hall–Kier alpha value is -2.44. The van der Waals surface area contributed by atoms with E-state index in [1.165, 1.54) is 116 Å². The lowest BCUT2D eigenvalue weighted by molar-refractivity contribution is -0.151. The summed E-state index contributed by atoms with van der Waals surface area (Å²) in [5.41, 5.74) is 0. The van der Waals surface area contributed by atoms with Crippen LogP contribution < -0.4 is 5.32 Å². The van der Waals surface area contributed by atoms with Crippen LogP contribution in [0, 0.1) is 0 Å². The first-order valence-electron chi connectivity index (χ1n) is 25.5. The summed E-state index contributed by atoms with van der Waals surface area (Å²) in [6.07, 6.45) is 58.5. The minimum absolute atomic E-state index is 0.0331. The van der Waals surface area contributed by atoms with E-state index < -0.39 is 18.2 Å². The highest BCUT2D eigenvalue weighted by molar-refractivity contribution is 5.77. The summed E-state index contributed by atoms with van der Waals surface area (Å²) in [6, 6.07) is -0.722. The van der Waals surface area contributed by atoms with E-state index in [0.29, 0.717) is 19.3 Å².